The average molecular weight is 297 g/mol. The monoisotopic (exact) mass is 297 g/mol. The van der Waals surface area contributed by atoms with E-state index in [-0.39, 0.29) is 43.2 Å². The molecule has 0 aromatic heterocycles. The maximum Gasteiger partial charge on any atom is 0.306 e. The number of carbonyl (C=O) groups is 3. The van der Waals surface area contributed by atoms with Crippen LogP contribution in [0.5, 0.6) is 5.75 Å². The molecule has 0 aliphatic rings. The molecule has 6 nitrogen and oxygen atoms in total. The van der Waals surface area contributed by atoms with Gasteiger partial charge in [0.05, 0.1) is 18.6 Å². The molecule has 0 saturated carbocycles. The molecule has 0 heterocycles. The maximum absolute atomic E-state index is 13.4. The second-order valence-electron chi connectivity index (χ2n) is 4.14. The van der Waals surface area contributed by atoms with Crippen molar-refractivity contribution in [1.29, 1.82) is 0 Å². The van der Waals surface area contributed by atoms with E-state index in [1.165, 1.54) is 12.1 Å². The lowest BCUT2D eigenvalue weighted by molar-refractivity contribution is -0.144. The summed E-state index contributed by atoms with van der Waals surface area (Å²) >= 11 is 0. The first-order chi connectivity index (χ1) is 9.93. The minimum atomic E-state index is -0.885. The largest absolute Gasteiger partial charge is 0.486 e. The Bertz CT molecular complexity index is 544. The van der Waals surface area contributed by atoms with E-state index in [4.69, 9.17) is 10.5 Å². The van der Waals surface area contributed by atoms with Crippen LogP contribution in [0.3, 0.4) is 0 Å². The van der Waals surface area contributed by atoms with Crippen LogP contribution < -0.4 is 10.5 Å². The Morgan fingerprint density at radius 3 is 2.52 bits per heavy atom. The van der Waals surface area contributed by atoms with Crippen LogP contribution in [0.25, 0.3) is 0 Å². The molecule has 1 aromatic rings. The van der Waals surface area contributed by atoms with Gasteiger partial charge in [0.15, 0.2) is 5.78 Å². The molecule has 114 valence electrons. The zero-order valence-electron chi connectivity index (χ0n) is 11.6. The number of halogens is 1. The van der Waals surface area contributed by atoms with E-state index in [1.54, 1.807) is 6.92 Å². The summed E-state index contributed by atoms with van der Waals surface area (Å²) in [5.74, 6) is -2.38. The molecular formula is C14H16FNO5. The first-order valence-electron chi connectivity index (χ1n) is 6.33. The zero-order valence-corrected chi connectivity index (χ0v) is 11.6. The van der Waals surface area contributed by atoms with Gasteiger partial charge in [-0.05, 0) is 19.1 Å². The molecular weight excluding hydrogens is 281 g/mol. The highest BCUT2D eigenvalue weighted by Crippen LogP contribution is 2.16. The lowest BCUT2D eigenvalue weighted by Crippen LogP contribution is -2.15. The Hall–Kier alpha value is -2.44. The van der Waals surface area contributed by atoms with Gasteiger partial charge in [0.25, 0.3) is 5.91 Å². The van der Waals surface area contributed by atoms with E-state index >= 15 is 0 Å². The van der Waals surface area contributed by atoms with Crippen LogP contribution in [0, 0.1) is 5.82 Å². The van der Waals surface area contributed by atoms with Crippen molar-refractivity contribution in [2.45, 2.75) is 19.8 Å². The van der Waals surface area contributed by atoms with Gasteiger partial charge in [-0.25, -0.2) is 4.39 Å². The fourth-order valence-electron chi connectivity index (χ4n) is 1.50. The predicted molar refractivity (Wildman–Crippen MR) is 71.3 cm³/mol. The summed E-state index contributed by atoms with van der Waals surface area (Å²) < 4.78 is 23.2. The Morgan fingerprint density at radius 2 is 1.95 bits per heavy atom. The maximum atomic E-state index is 13.4. The number of ketones is 1. The van der Waals surface area contributed by atoms with E-state index in [0.717, 1.165) is 6.07 Å². The number of esters is 1. The lowest BCUT2D eigenvalue weighted by atomic mass is 10.2. The normalized spacial score (nSPS) is 10.0. The van der Waals surface area contributed by atoms with E-state index in [2.05, 4.69) is 4.74 Å². The van der Waals surface area contributed by atoms with Crippen molar-refractivity contribution < 1.29 is 28.2 Å². The second-order valence-corrected chi connectivity index (χ2v) is 4.14. The third-order valence-electron chi connectivity index (χ3n) is 2.52. The number of Topliss-reactive ketones (excluding diaryl/α,β-unsaturated/α-hetero) is 1. The van der Waals surface area contributed by atoms with Crippen molar-refractivity contribution >= 4 is 17.7 Å². The summed E-state index contributed by atoms with van der Waals surface area (Å²) in [7, 11) is 0. The highest BCUT2D eigenvalue weighted by Gasteiger charge is 2.11. The van der Waals surface area contributed by atoms with Gasteiger partial charge in [-0.2, -0.15) is 0 Å². The second kappa shape index (κ2) is 7.98. The summed E-state index contributed by atoms with van der Waals surface area (Å²) in [6.07, 6.45) is -0.0360. The molecule has 0 atom stereocenters. The zero-order chi connectivity index (χ0) is 15.8. The van der Waals surface area contributed by atoms with Crippen molar-refractivity contribution in [2.24, 2.45) is 5.73 Å². The molecule has 21 heavy (non-hydrogen) atoms. The number of hydrogen-bond acceptors (Lipinski definition) is 5. The molecule has 0 aliphatic carbocycles. The van der Waals surface area contributed by atoms with Gasteiger partial charge >= 0.3 is 5.97 Å². The average Bonchev–Trinajstić information content (AvgIpc) is 2.43. The van der Waals surface area contributed by atoms with Crippen LogP contribution in [0.15, 0.2) is 18.2 Å². The number of rotatable bonds is 8. The Labute approximate surface area is 121 Å². The number of hydrogen-bond donors (Lipinski definition) is 1. The van der Waals surface area contributed by atoms with Crippen molar-refractivity contribution in [3.8, 4) is 5.75 Å². The van der Waals surface area contributed by atoms with E-state index in [9.17, 15) is 18.8 Å². The number of benzene rings is 1. The molecule has 0 radical (unpaired) electrons. The van der Waals surface area contributed by atoms with Crippen LogP contribution in [0.1, 0.15) is 30.1 Å². The van der Waals surface area contributed by atoms with Crippen molar-refractivity contribution in [3.63, 3.8) is 0 Å². The van der Waals surface area contributed by atoms with Crippen LogP contribution in [-0.4, -0.2) is 30.9 Å². The van der Waals surface area contributed by atoms with Crippen LogP contribution in [0.2, 0.25) is 0 Å². The third-order valence-corrected chi connectivity index (χ3v) is 2.52. The number of primary amides is 1. The van der Waals surface area contributed by atoms with Crippen molar-refractivity contribution in [2.75, 3.05) is 13.2 Å². The summed E-state index contributed by atoms with van der Waals surface area (Å²) in [5, 5.41) is 0. The first-order valence-corrected chi connectivity index (χ1v) is 6.33. The topological polar surface area (TPSA) is 95.7 Å². The molecule has 1 amide bonds. The van der Waals surface area contributed by atoms with E-state index < -0.39 is 17.7 Å². The molecule has 1 rings (SSSR count). The smallest absolute Gasteiger partial charge is 0.306 e. The molecule has 0 bridgehead atoms. The Morgan fingerprint density at radius 1 is 1.24 bits per heavy atom. The van der Waals surface area contributed by atoms with Gasteiger partial charge < -0.3 is 15.2 Å². The molecule has 1 aromatic carbocycles. The highest BCUT2D eigenvalue weighted by molar-refractivity contribution is 5.93. The quantitative estimate of drug-likeness (QED) is 0.728. The molecule has 0 fully saturated rings. The number of carbonyl (C=O) groups excluding carboxylic acids is 3. The molecule has 7 heteroatoms. The molecule has 0 saturated heterocycles. The number of ether oxygens (including phenoxy) is 2. The predicted octanol–water partition coefficient (Wildman–Crippen LogP) is 1.22. The fraction of sp³-hybridized carbons (Fsp3) is 0.357. The van der Waals surface area contributed by atoms with Gasteiger partial charge in [-0.1, -0.05) is 0 Å². The third kappa shape index (κ3) is 5.60. The SMILES string of the molecule is CCOC(=O)CCC(=O)COc1ccc(C(N)=O)c(F)c1. The summed E-state index contributed by atoms with van der Waals surface area (Å²) in [5.41, 5.74) is 4.71. The van der Waals surface area contributed by atoms with Crippen molar-refractivity contribution in [3.05, 3.63) is 29.6 Å². The Balaban J connectivity index is 2.45. The molecule has 0 spiro atoms. The van der Waals surface area contributed by atoms with Gasteiger partial charge in [0, 0.05) is 12.5 Å². The van der Waals surface area contributed by atoms with Crippen molar-refractivity contribution in [1.82, 2.24) is 0 Å². The van der Waals surface area contributed by atoms with E-state index in [0.29, 0.717) is 0 Å². The van der Waals surface area contributed by atoms with Crippen LogP contribution >= 0.6 is 0 Å². The minimum Gasteiger partial charge on any atom is -0.486 e. The first kappa shape index (κ1) is 16.6. The summed E-state index contributed by atoms with van der Waals surface area (Å²) in [6, 6.07) is 3.48. The highest BCUT2D eigenvalue weighted by atomic mass is 19.1. The molecule has 2 N–H and O–H groups in total. The minimum absolute atomic E-state index is 0.0132. The molecule has 0 aliphatic heterocycles. The van der Waals surface area contributed by atoms with Gasteiger partial charge in [-0.15, -0.1) is 0 Å². The van der Waals surface area contributed by atoms with Crippen LogP contribution in [0.4, 0.5) is 4.39 Å². The standard InChI is InChI=1S/C14H16FNO5/c1-2-20-13(18)6-3-9(17)8-21-10-4-5-11(14(16)19)12(15)7-10/h4-5,7H,2-3,6,8H2,1H3,(H2,16,19). The molecule has 0 unspecified atom stereocenters. The van der Waals surface area contributed by atoms with Gasteiger partial charge in [-0.3, -0.25) is 14.4 Å². The van der Waals surface area contributed by atoms with Gasteiger partial charge in [0.2, 0.25) is 0 Å². The van der Waals surface area contributed by atoms with E-state index in [1.807, 2.05) is 0 Å². The Kier molecular flexibility index (Phi) is 6.32. The number of amides is 1. The van der Waals surface area contributed by atoms with Crippen LogP contribution in [-0.2, 0) is 14.3 Å². The fourth-order valence-corrected chi connectivity index (χ4v) is 1.50. The summed E-state index contributed by atoms with van der Waals surface area (Å²) in [4.78, 5) is 33.4. The lowest BCUT2D eigenvalue weighted by Gasteiger charge is -2.07. The van der Waals surface area contributed by atoms with Gasteiger partial charge in [0.1, 0.15) is 18.2 Å². The summed E-state index contributed by atoms with van der Waals surface area (Å²) in [6.45, 7) is 1.64. The number of nitrogens with two attached hydrogens (primary N) is 1.